The summed E-state index contributed by atoms with van der Waals surface area (Å²) in [6.07, 6.45) is 3.62. The summed E-state index contributed by atoms with van der Waals surface area (Å²) < 4.78 is 6.08. The summed E-state index contributed by atoms with van der Waals surface area (Å²) >= 11 is 3.46. The van der Waals surface area contributed by atoms with Crippen LogP contribution in [0.2, 0.25) is 0 Å². The molecule has 1 aliphatic rings. The third kappa shape index (κ3) is 3.15. The van der Waals surface area contributed by atoms with Crippen molar-refractivity contribution in [3.8, 4) is 5.75 Å². The highest BCUT2D eigenvalue weighted by atomic mass is 79.9. The molecular weight excluding hydrogens is 320 g/mol. The lowest BCUT2D eigenvalue weighted by Gasteiger charge is -2.25. The van der Waals surface area contributed by atoms with Crippen molar-refractivity contribution < 1.29 is 9.53 Å². The average Bonchev–Trinajstić information content (AvgIpc) is 2.87. The van der Waals surface area contributed by atoms with Crippen molar-refractivity contribution in [1.29, 1.82) is 0 Å². The summed E-state index contributed by atoms with van der Waals surface area (Å²) in [5.41, 5.74) is 6.50. The first kappa shape index (κ1) is 15.3. The van der Waals surface area contributed by atoms with Gasteiger partial charge in [-0.3, -0.25) is 4.79 Å². The van der Waals surface area contributed by atoms with Crippen molar-refractivity contribution in [2.24, 2.45) is 5.73 Å². The molecule has 1 aliphatic carbocycles. The maximum atomic E-state index is 12.3. The van der Waals surface area contributed by atoms with E-state index in [0.717, 1.165) is 41.5 Å². The number of hydrogen-bond acceptors (Lipinski definition) is 3. The number of amides is 1. The Morgan fingerprint density at radius 1 is 1.45 bits per heavy atom. The van der Waals surface area contributed by atoms with E-state index in [1.54, 1.807) is 7.11 Å². The van der Waals surface area contributed by atoms with Gasteiger partial charge in [-0.2, -0.15) is 0 Å². The second-order valence-corrected chi connectivity index (χ2v) is 6.31. The highest BCUT2D eigenvalue weighted by molar-refractivity contribution is 9.10. The number of ether oxygens (including phenoxy) is 1. The van der Waals surface area contributed by atoms with Crippen LogP contribution in [0.3, 0.4) is 0 Å². The summed E-state index contributed by atoms with van der Waals surface area (Å²) in [4.78, 5) is 12.3. The van der Waals surface area contributed by atoms with Crippen LogP contribution in [0.25, 0.3) is 0 Å². The van der Waals surface area contributed by atoms with Crippen LogP contribution in [-0.2, 0) is 4.79 Å². The Balaban J connectivity index is 2.06. The van der Waals surface area contributed by atoms with Gasteiger partial charge in [0.2, 0.25) is 5.91 Å². The number of benzene rings is 1. The summed E-state index contributed by atoms with van der Waals surface area (Å²) in [5.74, 6) is 0.729. The number of carbonyl (C=O) groups excluding carboxylic acids is 1. The number of nitrogens with two attached hydrogens (primary N) is 1. The highest BCUT2D eigenvalue weighted by Gasteiger charge is 2.37. The largest absolute Gasteiger partial charge is 0.496 e. The average molecular weight is 341 g/mol. The van der Waals surface area contributed by atoms with Crippen molar-refractivity contribution in [1.82, 2.24) is 5.32 Å². The topological polar surface area (TPSA) is 64.3 Å². The lowest BCUT2D eigenvalue weighted by Crippen LogP contribution is -2.52. The standard InChI is InChI=1S/C15H21BrN2O2/c1-10(11-5-6-13(20-2)12(16)9-11)18-14(19)15(17)7-3-4-8-15/h5-6,9-10H,3-4,7-8,17H2,1-2H3,(H,18,19). The second kappa shape index (κ2) is 6.14. The Morgan fingerprint density at radius 2 is 2.10 bits per heavy atom. The van der Waals surface area contributed by atoms with Gasteiger partial charge in [0.15, 0.2) is 0 Å². The van der Waals surface area contributed by atoms with Crippen molar-refractivity contribution in [2.75, 3.05) is 7.11 Å². The molecule has 0 saturated heterocycles. The molecule has 1 saturated carbocycles. The molecule has 0 heterocycles. The monoisotopic (exact) mass is 340 g/mol. The molecule has 3 N–H and O–H groups in total. The van der Waals surface area contributed by atoms with Crippen LogP contribution < -0.4 is 15.8 Å². The number of nitrogens with one attached hydrogen (secondary N) is 1. The molecule has 20 heavy (non-hydrogen) atoms. The zero-order valence-corrected chi connectivity index (χ0v) is 13.5. The lowest BCUT2D eigenvalue weighted by molar-refractivity contribution is -0.126. The number of rotatable bonds is 4. The molecule has 5 heteroatoms. The van der Waals surface area contributed by atoms with Crippen molar-refractivity contribution in [3.63, 3.8) is 0 Å². The molecule has 1 aromatic rings. The SMILES string of the molecule is COc1ccc(C(C)NC(=O)C2(N)CCCC2)cc1Br. The first-order chi connectivity index (χ1) is 9.46. The van der Waals surface area contributed by atoms with E-state index in [0.29, 0.717) is 0 Å². The smallest absolute Gasteiger partial charge is 0.240 e. The van der Waals surface area contributed by atoms with E-state index in [4.69, 9.17) is 10.5 Å². The van der Waals surface area contributed by atoms with Gasteiger partial charge in [-0.15, -0.1) is 0 Å². The molecule has 0 radical (unpaired) electrons. The third-order valence-electron chi connectivity index (χ3n) is 3.97. The number of hydrogen-bond donors (Lipinski definition) is 2. The van der Waals surface area contributed by atoms with E-state index in [1.807, 2.05) is 25.1 Å². The van der Waals surface area contributed by atoms with E-state index in [-0.39, 0.29) is 11.9 Å². The van der Waals surface area contributed by atoms with Crippen LogP contribution in [0, 0.1) is 0 Å². The van der Waals surface area contributed by atoms with Gasteiger partial charge < -0.3 is 15.8 Å². The minimum absolute atomic E-state index is 0.0468. The molecular formula is C15H21BrN2O2. The quantitative estimate of drug-likeness (QED) is 0.885. The van der Waals surface area contributed by atoms with Gasteiger partial charge in [0, 0.05) is 0 Å². The van der Waals surface area contributed by atoms with Crippen molar-refractivity contribution in [3.05, 3.63) is 28.2 Å². The Bertz CT molecular complexity index is 499. The van der Waals surface area contributed by atoms with E-state index in [1.165, 1.54) is 0 Å². The first-order valence-electron chi connectivity index (χ1n) is 6.89. The van der Waals surface area contributed by atoms with E-state index < -0.39 is 5.54 Å². The van der Waals surface area contributed by atoms with Crippen LogP contribution in [0.1, 0.15) is 44.2 Å². The van der Waals surface area contributed by atoms with Crippen molar-refractivity contribution in [2.45, 2.75) is 44.2 Å². The normalized spacial score (nSPS) is 18.6. The molecule has 0 aliphatic heterocycles. The second-order valence-electron chi connectivity index (χ2n) is 5.45. The van der Waals surface area contributed by atoms with Gasteiger partial charge in [-0.25, -0.2) is 0 Å². The summed E-state index contributed by atoms with van der Waals surface area (Å²) in [7, 11) is 1.63. The zero-order valence-electron chi connectivity index (χ0n) is 11.9. The minimum atomic E-state index is -0.683. The van der Waals surface area contributed by atoms with Gasteiger partial charge >= 0.3 is 0 Å². The first-order valence-corrected chi connectivity index (χ1v) is 7.69. The highest BCUT2D eigenvalue weighted by Crippen LogP contribution is 2.30. The summed E-state index contributed by atoms with van der Waals surface area (Å²) in [6.45, 7) is 1.96. The van der Waals surface area contributed by atoms with Gasteiger partial charge in [-0.05, 0) is 53.4 Å². The van der Waals surface area contributed by atoms with Gasteiger partial charge in [0.25, 0.3) is 0 Å². The third-order valence-corrected chi connectivity index (χ3v) is 4.59. The summed E-state index contributed by atoms with van der Waals surface area (Å²) in [5, 5.41) is 3.02. The van der Waals surface area contributed by atoms with Gasteiger partial charge in [0.1, 0.15) is 5.75 Å². The van der Waals surface area contributed by atoms with E-state index >= 15 is 0 Å². The molecule has 4 nitrogen and oxygen atoms in total. The Labute approximate surface area is 128 Å². The Hall–Kier alpha value is -1.07. The van der Waals surface area contributed by atoms with Gasteiger partial charge in [0.05, 0.1) is 23.2 Å². The van der Waals surface area contributed by atoms with E-state index in [9.17, 15) is 4.79 Å². The molecule has 0 spiro atoms. The van der Waals surface area contributed by atoms with E-state index in [2.05, 4.69) is 21.2 Å². The predicted octanol–water partition coefficient (Wildman–Crippen LogP) is 2.91. The molecule has 1 amide bonds. The fourth-order valence-electron chi connectivity index (χ4n) is 2.61. The minimum Gasteiger partial charge on any atom is -0.496 e. The maximum Gasteiger partial charge on any atom is 0.240 e. The summed E-state index contributed by atoms with van der Waals surface area (Å²) in [6, 6.07) is 5.72. The van der Waals surface area contributed by atoms with Crippen LogP contribution in [-0.4, -0.2) is 18.6 Å². The molecule has 0 bridgehead atoms. The molecule has 110 valence electrons. The Morgan fingerprint density at radius 3 is 2.65 bits per heavy atom. The predicted molar refractivity (Wildman–Crippen MR) is 82.6 cm³/mol. The zero-order chi connectivity index (χ0) is 14.8. The molecule has 1 aromatic carbocycles. The fraction of sp³-hybridized carbons (Fsp3) is 0.533. The number of carbonyl (C=O) groups is 1. The van der Waals surface area contributed by atoms with Crippen LogP contribution in [0.15, 0.2) is 22.7 Å². The molecule has 1 unspecified atom stereocenters. The number of halogens is 1. The molecule has 2 rings (SSSR count). The fourth-order valence-corrected chi connectivity index (χ4v) is 3.17. The molecule has 1 fully saturated rings. The van der Waals surface area contributed by atoms with Crippen molar-refractivity contribution >= 4 is 21.8 Å². The number of methoxy groups -OCH3 is 1. The van der Waals surface area contributed by atoms with Gasteiger partial charge in [-0.1, -0.05) is 18.9 Å². The van der Waals surface area contributed by atoms with Crippen LogP contribution in [0.5, 0.6) is 5.75 Å². The van der Waals surface area contributed by atoms with Crippen LogP contribution >= 0.6 is 15.9 Å². The van der Waals surface area contributed by atoms with Crippen LogP contribution in [0.4, 0.5) is 0 Å². The lowest BCUT2D eigenvalue weighted by atomic mass is 9.97. The Kier molecular flexibility index (Phi) is 4.70. The molecule has 1 atom stereocenters. The maximum absolute atomic E-state index is 12.3. The molecule has 0 aromatic heterocycles.